The van der Waals surface area contributed by atoms with Gasteiger partial charge in [-0.05, 0) is 21.5 Å². The minimum Gasteiger partial charge on any atom is -0.298 e. The van der Waals surface area contributed by atoms with E-state index in [9.17, 15) is 9.59 Å². The van der Waals surface area contributed by atoms with Crippen LogP contribution in [0.3, 0.4) is 0 Å². The maximum atomic E-state index is 11.3. The van der Waals surface area contributed by atoms with Crippen LogP contribution < -0.4 is 0 Å². The van der Waals surface area contributed by atoms with Crippen molar-refractivity contribution in [1.82, 2.24) is 0 Å². The van der Waals surface area contributed by atoms with E-state index in [1.54, 1.807) is 0 Å². The molecule has 3 rings (SSSR count). The monoisotopic (exact) mass is 490 g/mol. The predicted octanol–water partition coefficient (Wildman–Crippen LogP) is 4.85. The summed E-state index contributed by atoms with van der Waals surface area (Å²) in [5, 5.41) is 3.31. The van der Waals surface area contributed by atoms with Crippen molar-refractivity contribution < 1.29 is 9.59 Å². The van der Waals surface area contributed by atoms with Crippen LogP contribution in [-0.4, -0.2) is 12.6 Å². The molecule has 3 aromatic rings. The molecule has 0 spiro atoms. The van der Waals surface area contributed by atoms with E-state index in [0.717, 1.165) is 34.1 Å². The van der Waals surface area contributed by atoms with Crippen LogP contribution in [0.15, 0.2) is 48.5 Å². The predicted molar refractivity (Wildman–Crippen MR) is 103 cm³/mol. The molecule has 0 heterocycles. The van der Waals surface area contributed by atoms with Crippen molar-refractivity contribution in [1.29, 1.82) is 0 Å². The minimum atomic E-state index is 0. The van der Waals surface area contributed by atoms with Gasteiger partial charge in [-0.2, -0.15) is 0 Å². The molecular formula is C16H12I2O2. The van der Waals surface area contributed by atoms with Gasteiger partial charge in [-0.1, -0.05) is 48.5 Å². The van der Waals surface area contributed by atoms with Crippen molar-refractivity contribution in [2.75, 3.05) is 0 Å². The number of carbonyl (C=O) groups excluding carboxylic acids is 2. The van der Waals surface area contributed by atoms with Gasteiger partial charge in [0.25, 0.3) is 0 Å². The molecule has 2 nitrogen and oxygen atoms in total. The number of hydrogen-bond donors (Lipinski definition) is 0. The largest absolute Gasteiger partial charge is 0.298 e. The topological polar surface area (TPSA) is 34.1 Å². The number of rotatable bonds is 2. The van der Waals surface area contributed by atoms with Crippen LogP contribution in [0.5, 0.6) is 0 Å². The normalized spacial score (nSPS) is 9.60. The molecule has 0 amide bonds. The molecule has 0 atom stereocenters. The summed E-state index contributed by atoms with van der Waals surface area (Å²) in [5.41, 5.74) is 1.29. The second-order valence-electron chi connectivity index (χ2n) is 4.15. The molecule has 0 aliphatic heterocycles. The number of fused-ring (bicyclic) bond motifs is 2. The van der Waals surface area contributed by atoms with E-state index in [0.29, 0.717) is 11.1 Å². The van der Waals surface area contributed by atoms with Crippen LogP contribution in [0.25, 0.3) is 21.5 Å². The van der Waals surface area contributed by atoms with E-state index in [-0.39, 0.29) is 48.0 Å². The van der Waals surface area contributed by atoms with E-state index in [1.807, 2.05) is 48.5 Å². The molecule has 0 aromatic heterocycles. The fourth-order valence-electron chi connectivity index (χ4n) is 2.45. The fourth-order valence-corrected chi connectivity index (χ4v) is 2.45. The molecular weight excluding hydrogens is 478 g/mol. The maximum Gasteiger partial charge on any atom is 0.151 e. The third kappa shape index (κ3) is 2.58. The SMILES string of the molecule is I.I.O=Cc1c2ccccc2c(C=O)c2ccccc12. The molecule has 0 saturated heterocycles. The van der Waals surface area contributed by atoms with E-state index < -0.39 is 0 Å². The van der Waals surface area contributed by atoms with Crippen LogP contribution in [0.4, 0.5) is 0 Å². The van der Waals surface area contributed by atoms with Gasteiger partial charge in [0.15, 0.2) is 12.6 Å². The van der Waals surface area contributed by atoms with Crippen LogP contribution in [0, 0.1) is 0 Å². The molecule has 0 unspecified atom stereocenters. The molecule has 0 saturated carbocycles. The van der Waals surface area contributed by atoms with Crippen molar-refractivity contribution in [2.45, 2.75) is 0 Å². The summed E-state index contributed by atoms with van der Waals surface area (Å²) < 4.78 is 0. The van der Waals surface area contributed by atoms with Gasteiger partial charge in [0.2, 0.25) is 0 Å². The van der Waals surface area contributed by atoms with E-state index >= 15 is 0 Å². The van der Waals surface area contributed by atoms with E-state index in [1.165, 1.54) is 0 Å². The minimum absolute atomic E-state index is 0. The first-order valence-corrected chi connectivity index (χ1v) is 5.70. The lowest BCUT2D eigenvalue weighted by atomic mass is 9.93. The molecule has 0 radical (unpaired) electrons. The lowest BCUT2D eigenvalue weighted by Crippen LogP contribution is -1.93. The fraction of sp³-hybridized carbons (Fsp3) is 0. The van der Waals surface area contributed by atoms with Crippen molar-refractivity contribution in [2.24, 2.45) is 0 Å². The summed E-state index contributed by atoms with van der Waals surface area (Å²) in [6, 6.07) is 15.0. The molecule has 0 aliphatic rings. The molecule has 0 aliphatic carbocycles. The third-order valence-corrected chi connectivity index (χ3v) is 3.25. The van der Waals surface area contributed by atoms with Crippen LogP contribution >= 0.6 is 48.0 Å². The van der Waals surface area contributed by atoms with Crippen molar-refractivity contribution in [3.05, 3.63) is 59.7 Å². The number of benzene rings is 3. The van der Waals surface area contributed by atoms with Gasteiger partial charge in [0, 0.05) is 11.1 Å². The van der Waals surface area contributed by atoms with Crippen LogP contribution in [0.2, 0.25) is 0 Å². The molecule has 3 aromatic carbocycles. The Morgan fingerprint density at radius 3 is 1.00 bits per heavy atom. The highest BCUT2D eigenvalue weighted by Crippen LogP contribution is 2.30. The standard InChI is InChI=1S/C16H10O2.2HI/c17-9-15-11-5-1-2-6-12(11)16(10-18)14-8-4-3-7-13(14)15;;/h1-10H;2*1H. The van der Waals surface area contributed by atoms with E-state index in [2.05, 4.69) is 0 Å². The summed E-state index contributed by atoms with van der Waals surface area (Å²) >= 11 is 0. The van der Waals surface area contributed by atoms with Gasteiger partial charge >= 0.3 is 0 Å². The van der Waals surface area contributed by atoms with Gasteiger partial charge in [0.1, 0.15) is 0 Å². The highest BCUT2D eigenvalue weighted by Gasteiger charge is 2.11. The first kappa shape index (κ1) is 17.0. The first-order chi connectivity index (χ1) is 8.86. The maximum absolute atomic E-state index is 11.3. The zero-order valence-electron chi connectivity index (χ0n) is 10.4. The average molecular weight is 490 g/mol. The molecule has 0 N–H and O–H groups in total. The molecule has 20 heavy (non-hydrogen) atoms. The van der Waals surface area contributed by atoms with Crippen LogP contribution in [-0.2, 0) is 0 Å². The third-order valence-electron chi connectivity index (χ3n) is 3.25. The number of hydrogen-bond acceptors (Lipinski definition) is 2. The Kier molecular flexibility index (Phi) is 6.07. The Labute approximate surface area is 150 Å². The van der Waals surface area contributed by atoms with E-state index in [4.69, 9.17) is 0 Å². The lowest BCUT2D eigenvalue weighted by molar-refractivity contribution is 0.111. The van der Waals surface area contributed by atoms with Crippen molar-refractivity contribution in [3.8, 4) is 0 Å². The molecule has 102 valence electrons. The summed E-state index contributed by atoms with van der Waals surface area (Å²) in [5.74, 6) is 0. The highest BCUT2D eigenvalue weighted by molar-refractivity contribution is 14.0. The Morgan fingerprint density at radius 2 is 0.800 bits per heavy atom. The van der Waals surface area contributed by atoms with Crippen molar-refractivity contribution in [3.63, 3.8) is 0 Å². The quantitative estimate of drug-likeness (QED) is 0.293. The molecule has 0 fully saturated rings. The summed E-state index contributed by atoms with van der Waals surface area (Å²) in [6.45, 7) is 0. The van der Waals surface area contributed by atoms with Gasteiger partial charge in [0.05, 0.1) is 0 Å². The van der Waals surface area contributed by atoms with Gasteiger partial charge < -0.3 is 0 Å². The highest BCUT2D eigenvalue weighted by atomic mass is 127. The van der Waals surface area contributed by atoms with Gasteiger partial charge in [-0.25, -0.2) is 0 Å². The number of aldehydes is 2. The number of halogens is 2. The van der Waals surface area contributed by atoms with Crippen molar-refractivity contribution >= 4 is 82.1 Å². The molecule has 0 bridgehead atoms. The Hall–Kier alpha value is -1.02. The number of carbonyl (C=O) groups is 2. The lowest BCUT2D eigenvalue weighted by Gasteiger charge is -2.09. The Morgan fingerprint density at radius 1 is 0.550 bits per heavy atom. The zero-order chi connectivity index (χ0) is 12.5. The smallest absolute Gasteiger partial charge is 0.151 e. The van der Waals surface area contributed by atoms with Crippen LogP contribution in [0.1, 0.15) is 20.7 Å². The second-order valence-corrected chi connectivity index (χ2v) is 4.15. The first-order valence-electron chi connectivity index (χ1n) is 5.70. The Balaban J connectivity index is 0.000001000. The summed E-state index contributed by atoms with van der Waals surface area (Å²) in [4.78, 5) is 22.7. The van der Waals surface area contributed by atoms with Gasteiger partial charge in [-0.3, -0.25) is 9.59 Å². The summed E-state index contributed by atoms with van der Waals surface area (Å²) in [7, 11) is 0. The average Bonchev–Trinajstić information content (AvgIpc) is 2.44. The zero-order valence-corrected chi connectivity index (χ0v) is 15.1. The molecule has 4 heteroatoms. The van der Waals surface area contributed by atoms with Gasteiger partial charge in [-0.15, -0.1) is 48.0 Å². The summed E-state index contributed by atoms with van der Waals surface area (Å²) in [6.07, 6.45) is 1.72. The Bertz CT molecular complexity index is 659. The second kappa shape index (κ2) is 7.12.